The molecule has 2 heterocycles. The Balaban J connectivity index is 1.40. The molecule has 0 spiro atoms. The molecule has 0 saturated carbocycles. The van der Waals surface area contributed by atoms with E-state index in [4.69, 9.17) is 13.6 Å². The summed E-state index contributed by atoms with van der Waals surface area (Å²) < 4.78 is 16.9. The van der Waals surface area contributed by atoms with Crippen LogP contribution in [0.5, 0.6) is 5.75 Å². The molecule has 0 N–H and O–H groups in total. The van der Waals surface area contributed by atoms with Crippen LogP contribution in [0.2, 0.25) is 0 Å². The van der Waals surface area contributed by atoms with Gasteiger partial charge in [-0.1, -0.05) is 29.5 Å². The van der Waals surface area contributed by atoms with Crippen LogP contribution in [0.25, 0.3) is 22.9 Å². The van der Waals surface area contributed by atoms with Crippen LogP contribution in [0.4, 0.5) is 0 Å². The molecular weight excluding hydrogens is 376 g/mol. The van der Waals surface area contributed by atoms with E-state index in [0.29, 0.717) is 35.3 Å². The van der Waals surface area contributed by atoms with Gasteiger partial charge in [-0.2, -0.15) is 0 Å². The van der Waals surface area contributed by atoms with Gasteiger partial charge < -0.3 is 13.6 Å². The summed E-state index contributed by atoms with van der Waals surface area (Å²) in [4.78, 5) is 0. The number of aromatic nitrogens is 4. The second kappa shape index (κ2) is 8.26. The first-order chi connectivity index (χ1) is 13.7. The number of hydrogen-bond donors (Lipinski definition) is 0. The topological polar surface area (TPSA) is 87.1 Å². The van der Waals surface area contributed by atoms with Gasteiger partial charge in [-0.15, -0.1) is 20.4 Å². The van der Waals surface area contributed by atoms with E-state index in [1.54, 1.807) is 0 Å². The normalized spacial score (nSPS) is 10.9. The molecule has 7 nitrogen and oxygen atoms in total. The standard InChI is InChI=1S/C20H18N4O3S/c1-3-25-16-9-7-14(8-10-16)18-23-24-20(27-18)28-12-17-21-22-19(26-17)15-6-4-5-13(2)11-15/h4-11H,3,12H2,1-2H3. The average Bonchev–Trinajstić information content (AvgIpc) is 3.37. The molecule has 0 atom stereocenters. The van der Waals surface area contributed by atoms with E-state index in [9.17, 15) is 0 Å². The molecule has 0 amide bonds. The molecule has 4 aromatic rings. The van der Waals surface area contributed by atoms with Crippen LogP contribution in [0.15, 0.2) is 62.6 Å². The molecular formula is C20H18N4O3S. The van der Waals surface area contributed by atoms with E-state index in [2.05, 4.69) is 20.4 Å². The Morgan fingerprint density at radius 2 is 1.68 bits per heavy atom. The molecule has 2 aromatic carbocycles. The summed E-state index contributed by atoms with van der Waals surface area (Å²) in [5.41, 5.74) is 2.88. The Labute approximate surface area is 166 Å². The summed E-state index contributed by atoms with van der Waals surface area (Å²) in [5, 5.41) is 16.8. The van der Waals surface area contributed by atoms with Crippen molar-refractivity contribution in [3.8, 4) is 28.7 Å². The molecule has 0 saturated heterocycles. The van der Waals surface area contributed by atoms with Gasteiger partial charge in [0.25, 0.3) is 5.22 Å². The molecule has 0 aliphatic heterocycles. The van der Waals surface area contributed by atoms with Crippen LogP contribution < -0.4 is 4.74 Å². The van der Waals surface area contributed by atoms with Crippen LogP contribution in [-0.4, -0.2) is 27.0 Å². The summed E-state index contributed by atoms with van der Waals surface area (Å²) in [7, 11) is 0. The van der Waals surface area contributed by atoms with Crippen LogP contribution in [0, 0.1) is 6.92 Å². The molecule has 0 aliphatic carbocycles. The lowest BCUT2D eigenvalue weighted by Crippen LogP contribution is -1.90. The van der Waals surface area contributed by atoms with Gasteiger partial charge in [-0.05, 0) is 50.2 Å². The lowest BCUT2D eigenvalue weighted by atomic mass is 10.1. The largest absolute Gasteiger partial charge is 0.494 e. The first kappa shape index (κ1) is 18.2. The monoisotopic (exact) mass is 394 g/mol. The van der Waals surface area contributed by atoms with Crippen LogP contribution in [0.1, 0.15) is 18.4 Å². The predicted octanol–water partition coefficient (Wildman–Crippen LogP) is 4.79. The second-order valence-corrected chi connectivity index (χ2v) is 6.92. The van der Waals surface area contributed by atoms with Gasteiger partial charge in [0, 0.05) is 11.1 Å². The number of thioether (sulfide) groups is 1. The molecule has 4 rings (SSSR count). The lowest BCUT2D eigenvalue weighted by Gasteiger charge is -2.02. The van der Waals surface area contributed by atoms with Crippen LogP contribution in [-0.2, 0) is 5.75 Å². The maximum Gasteiger partial charge on any atom is 0.277 e. The zero-order valence-electron chi connectivity index (χ0n) is 15.5. The Morgan fingerprint density at radius 1 is 0.893 bits per heavy atom. The van der Waals surface area contributed by atoms with Crippen LogP contribution >= 0.6 is 11.8 Å². The molecule has 8 heteroatoms. The van der Waals surface area contributed by atoms with E-state index in [-0.39, 0.29) is 0 Å². The van der Waals surface area contributed by atoms with Crippen molar-refractivity contribution in [1.82, 2.24) is 20.4 Å². The molecule has 0 fully saturated rings. The van der Waals surface area contributed by atoms with Gasteiger partial charge in [0.1, 0.15) is 5.75 Å². The summed E-state index contributed by atoms with van der Waals surface area (Å²) in [6.07, 6.45) is 0. The minimum atomic E-state index is 0.444. The highest BCUT2D eigenvalue weighted by Gasteiger charge is 2.13. The van der Waals surface area contributed by atoms with Gasteiger partial charge in [0.15, 0.2) is 0 Å². The third-order valence-electron chi connectivity index (χ3n) is 3.87. The zero-order chi connectivity index (χ0) is 19.3. The third-order valence-corrected chi connectivity index (χ3v) is 4.67. The van der Waals surface area contributed by atoms with Crippen molar-refractivity contribution in [2.75, 3.05) is 6.61 Å². The highest BCUT2D eigenvalue weighted by molar-refractivity contribution is 7.98. The quantitative estimate of drug-likeness (QED) is 0.414. The van der Waals surface area contributed by atoms with Crippen LogP contribution in [0.3, 0.4) is 0 Å². The number of aryl methyl sites for hydroxylation is 1. The van der Waals surface area contributed by atoms with E-state index < -0.39 is 0 Å². The first-order valence-corrected chi connectivity index (χ1v) is 9.79. The smallest absolute Gasteiger partial charge is 0.277 e. The van der Waals surface area contributed by atoms with Gasteiger partial charge in [-0.3, -0.25) is 0 Å². The number of nitrogens with zero attached hydrogens (tertiary/aromatic N) is 4. The SMILES string of the molecule is CCOc1ccc(-c2nnc(SCc3nnc(-c4cccc(C)c4)o3)o2)cc1. The van der Waals surface area contributed by atoms with Gasteiger partial charge >= 0.3 is 0 Å². The Kier molecular flexibility index (Phi) is 5.38. The van der Waals surface area contributed by atoms with Gasteiger partial charge in [0.2, 0.25) is 17.7 Å². The number of hydrogen-bond acceptors (Lipinski definition) is 8. The fourth-order valence-electron chi connectivity index (χ4n) is 2.58. The molecule has 0 bridgehead atoms. The summed E-state index contributed by atoms with van der Waals surface area (Å²) in [6, 6.07) is 15.5. The Hall–Kier alpha value is -3.13. The van der Waals surface area contributed by atoms with Gasteiger partial charge in [-0.25, -0.2) is 0 Å². The van der Waals surface area contributed by atoms with Crippen molar-refractivity contribution >= 4 is 11.8 Å². The van der Waals surface area contributed by atoms with E-state index in [0.717, 1.165) is 22.4 Å². The van der Waals surface area contributed by atoms with E-state index in [1.807, 2.05) is 62.4 Å². The van der Waals surface area contributed by atoms with E-state index in [1.165, 1.54) is 11.8 Å². The maximum absolute atomic E-state index is 5.73. The van der Waals surface area contributed by atoms with Crippen molar-refractivity contribution in [2.24, 2.45) is 0 Å². The fourth-order valence-corrected chi connectivity index (χ4v) is 3.18. The molecule has 0 aliphatic rings. The number of benzene rings is 2. The molecule has 28 heavy (non-hydrogen) atoms. The highest BCUT2D eigenvalue weighted by atomic mass is 32.2. The lowest BCUT2D eigenvalue weighted by molar-refractivity contribution is 0.340. The van der Waals surface area contributed by atoms with Crippen molar-refractivity contribution in [1.29, 1.82) is 0 Å². The number of rotatable bonds is 7. The maximum atomic E-state index is 5.73. The van der Waals surface area contributed by atoms with Crippen molar-refractivity contribution < 1.29 is 13.6 Å². The number of ether oxygens (including phenoxy) is 1. The van der Waals surface area contributed by atoms with Gasteiger partial charge in [0.05, 0.1) is 12.4 Å². The predicted molar refractivity (Wildman–Crippen MR) is 105 cm³/mol. The minimum absolute atomic E-state index is 0.444. The van der Waals surface area contributed by atoms with Crippen molar-refractivity contribution in [3.63, 3.8) is 0 Å². The molecule has 0 unspecified atom stereocenters. The second-order valence-electron chi connectivity index (χ2n) is 5.99. The molecule has 2 aromatic heterocycles. The Bertz CT molecular complexity index is 1060. The zero-order valence-corrected chi connectivity index (χ0v) is 16.3. The first-order valence-electron chi connectivity index (χ1n) is 8.80. The summed E-state index contributed by atoms with van der Waals surface area (Å²) in [5.74, 6) is 2.71. The highest BCUT2D eigenvalue weighted by Crippen LogP contribution is 2.27. The molecule has 142 valence electrons. The fraction of sp³-hybridized carbons (Fsp3) is 0.200. The summed E-state index contributed by atoms with van der Waals surface area (Å²) in [6.45, 7) is 4.60. The van der Waals surface area contributed by atoms with E-state index >= 15 is 0 Å². The minimum Gasteiger partial charge on any atom is -0.494 e. The van der Waals surface area contributed by atoms with Crippen molar-refractivity contribution in [3.05, 3.63) is 60.0 Å². The third kappa shape index (κ3) is 4.23. The Morgan fingerprint density at radius 3 is 2.46 bits per heavy atom. The van der Waals surface area contributed by atoms with Crippen molar-refractivity contribution in [2.45, 2.75) is 24.8 Å². The molecule has 0 radical (unpaired) electrons. The summed E-state index contributed by atoms with van der Waals surface area (Å²) >= 11 is 1.35. The average molecular weight is 394 g/mol.